The van der Waals surface area contributed by atoms with Crippen LogP contribution in [0.3, 0.4) is 0 Å². The molecule has 1 aromatic carbocycles. The van der Waals surface area contributed by atoms with Crippen LogP contribution in [0.4, 0.5) is 8.78 Å². The van der Waals surface area contributed by atoms with Crippen LogP contribution in [0.15, 0.2) is 24.4 Å². The molecule has 20 heavy (non-hydrogen) atoms. The number of nitrogens with zero attached hydrogens (tertiary/aromatic N) is 2. The van der Waals surface area contributed by atoms with Crippen molar-refractivity contribution >= 4 is 10.9 Å². The molecule has 0 spiro atoms. The maximum atomic E-state index is 13.9. The number of hydrogen-bond donors (Lipinski definition) is 1. The zero-order chi connectivity index (χ0) is 14.3. The summed E-state index contributed by atoms with van der Waals surface area (Å²) in [4.78, 5) is 2.16. The fourth-order valence-corrected chi connectivity index (χ4v) is 2.93. The molecule has 3 rings (SSSR count). The number of halogens is 2. The molecular formula is C15H18F2N2O. The van der Waals surface area contributed by atoms with Crippen molar-refractivity contribution in [1.82, 2.24) is 9.47 Å². The van der Waals surface area contributed by atoms with E-state index in [2.05, 4.69) is 4.90 Å². The van der Waals surface area contributed by atoms with Crippen LogP contribution in [-0.2, 0) is 6.54 Å². The van der Waals surface area contributed by atoms with Crippen LogP contribution in [0, 0.1) is 11.6 Å². The molecule has 1 aliphatic heterocycles. The molecule has 1 aromatic heterocycles. The van der Waals surface area contributed by atoms with Gasteiger partial charge in [0.2, 0.25) is 0 Å². The summed E-state index contributed by atoms with van der Waals surface area (Å²) in [6.45, 7) is 4.70. The third-order valence-corrected chi connectivity index (χ3v) is 3.97. The van der Waals surface area contributed by atoms with Crippen LogP contribution in [0.25, 0.3) is 10.9 Å². The van der Waals surface area contributed by atoms with E-state index in [9.17, 15) is 13.9 Å². The molecule has 1 fully saturated rings. The van der Waals surface area contributed by atoms with E-state index in [0.29, 0.717) is 24.0 Å². The smallest absolute Gasteiger partial charge is 0.150 e. The van der Waals surface area contributed by atoms with E-state index in [1.54, 1.807) is 16.8 Å². The molecule has 1 N–H and O–H groups in total. The molecule has 1 unspecified atom stereocenters. The molecule has 0 bridgehead atoms. The maximum absolute atomic E-state index is 13.9. The lowest BCUT2D eigenvalue weighted by Gasteiger charge is -2.19. The quantitative estimate of drug-likeness (QED) is 0.935. The largest absolute Gasteiger partial charge is 0.389 e. The van der Waals surface area contributed by atoms with Crippen molar-refractivity contribution in [1.29, 1.82) is 0 Å². The van der Waals surface area contributed by atoms with Gasteiger partial charge in [0, 0.05) is 43.8 Å². The van der Waals surface area contributed by atoms with E-state index in [1.165, 1.54) is 6.07 Å². The van der Waals surface area contributed by atoms with Gasteiger partial charge >= 0.3 is 0 Å². The second-order valence-corrected chi connectivity index (χ2v) is 5.86. The van der Waals surface area contributed by atoms with Crippen molar-refractivity contribution < 1.29 is 13.9 Å². The predicted octanol–water partition coefficient (Wildman–Crippen LogP) is 2.38. The molecule has 2 heterocycles. The normalized spacial score (nSPS) is 23.8. The van der Waals surface area contributed by atoms with Gasteiger partial charge in [-0.3, -0.25) is 4.90 Å². The van der Waals surface area contributed by atoms with Crippen molar-refractivity contribution in [3.63, 3.8) is 0 Å². The van der Waals surface area contributed by atoms with Gasteiger partial charge in [0.25, 0.3) is 0 Å². The molecule has 1 atom stereocenters. The second kappa shape index (κ2) is 4.82. The van der Waals surface area contributed by atoms with Gasteiger partial charge in [-0.05, 0) is 25.5 Å². The number of aromatic nitrogens is 1. The van der Waals surface area contributed by atoms with Gasteiger partial charge in [-0.1, -0.05) is 0 Å². The van der Waals surface area contributed by atoms with Crippen molar-refractivity contribution in [3.8, 4) is 0 Å². The summed E-state index contributed by atoms with van der Waals surface area (Å²) < 4.78 is 28.8. The van der Waals surface area contributed by atoms with Crippen LogP contribution in [-0.4, -0.2) is 39.8 Å². The Morgan fingerprint density at radius 3 is 2.80 bits per heavy atom. The van der Waals surface area contributed by atoms with Gasteiger partial charge in [0.05, 0.1) is 11.1 Å². The average Bonchev–Trinajstić information content (AvgIpc) is 2.90. The lowest BCUT2D eigenvalue weighted by molar-refractivity contribution is 0.0684. The van der Waals surface area contributed by atoms with Crippen LogP contribution in [0.1, 0.15) is 13.3 Å². The summed E-state index contributed by atoms with van der Waals surface area (Å²) in [6.07, 6.45) is 2.54. The summed E-state index contributed by atoms with van der Waals surface area (Å²) in [5.41, 5.74) is -0.176. The Hall–Kier alpha value is -1.46. The Kier molecular flexibility index (Phi) is 3.26. The second-order valence-electron chi connectivity index (χ2n) is 5.86. The Balaban J connectivity index is 1.75. The van der Waals surface area contributed by atoms with Crippen molar-refractivity contribution in [2.24, 2.45) is 0 Å². The van der Waals surface area contributed by atoms with Gasteiger partial charge in [-0.15, -0.1) is 0 Å². The van der Waals surface area contributed by atoms with E-state index in [1.807, 2.05) is 6.92 Å². The van der Waals surface area contributed by atoms with Crippen LogP contribution in [0.5, 0.6) is 0 Å². The first kappa shape index (κ1) is 13.5. The van der Waals surface area contributed by atoms with Gasteiger partial charge in [0.15, 0.2) is 0 Å². The van der Waals surface area contributed by atoms with Crippen molar-refractivity contribution in [3.05, 3.63) is 36.0 Å². The summed E-state index contributed by atoms with van der Waals surface area (Å²) in [6, 6.07) is 3.98. The van der Waals surface area contributed by atoms with Gasteiger partial charge < -0.3 is 9.67 Å². The highest BCUT2D eigenvalue weighted by molar-refractivity contribution is 5.80. The van der Waals surface area contributed by atoms with E-state index >= 15 is 0 Å². The van der Waals surface area contributed by atoms with E-state index in [-0.39, 0.29) is 0 Å². The van der Waals surface area contributed by atoms with Crippen molar-refractivity contribution in [2.45, 2.75) is 25.5 Å². The highest BCUT2D eigenvalue weighted by Gasteiger charge is 2.30. The van der Waals surface area contributed by atoms with E-state index in [4.69, 9.17) is 0 Å². The maximum Gasteiger partial charge on any atom is 0.150 e. The number of rotatable bonds is 3. The SMILES string of the molecule is CC1(O)CCN(CCn2ccc3cc(F)cc(F)c32)C1. The number of likely N-dealkylation sites (tertiary alicyclic amines) is 1. The monoisotopic (exact) mass is 280 g/mol. The van der Waals surface area contributed by atoms with Crippen molar-refractivity contribution in [2.75, 3.05) is 19.6 Å². The first-order chi connectivity index (χ1) is 9.44. The predicted molar refractivity (Wildman–Crippen MR) is 73.5 cm³/mol. The minimum Gasteiger partial charge on any atom is -0.389 e. The Morgan fingerprint density at radius 2 is 2.10 bits per heavy atom. The fraction of sp³-hybridized carbons (Fsp3) is 0.467. The minimum atomic E-state index is -0.618. The fourth-order valence-electron chi connectivity index (χ4n) is 2.93. The van der Waals surface area contributed by atoms with Gasteiger partial charge in [0.1, 0.15) is 11.6 Å². The molecule has 2 aromatic rings. The molecule has 5 heteroatoms. The molecular weight excluding hydrogens is 262 g/mol. The molecule has 1 saturated heterocycles. The molecule has 0 saturated carbocycles. The Morgan fingerprint density at radius 1 is 1.30 bits per heavy atom. The molecule has 3 nitrogen and oxygen atoms in total. The molecule has 0 amide bonds. The zero-order valence-electron chi connectivity index (χ0n) is 11.4. The summed E-state index contributed by atoms with van der Waals surface area (Å²) in [7, 11) is 0. The minimum absolute atomic E-state index is 0.442. The number of β-amino-alcohol motifs (C(OH)–C–C–N with tert-alkyl or cyclic N) is 1. The molecule has 0 radical (unpaired) electrons. The Bertz CT molecular complexity index is 636. The summed E-state index contributed by atoms with van der Waals surface area (Å²) >= 11 is 0. The van der Waals surface area contributed by atoms with Crippen LogP contribution in [0.2, 0.25) is 0 Å². The lowest BCUT2D eigenvalue weighted by atomic mass is 10.1. The van der Waals surface area contributed by atoms with Gasteiger partial charge in [-0.2, -0.15) is 0 Å². The molecule has 108 valence electrons. The molecule has 1 aliphatic rings. The van der Waals surface area contributed by atoms with Crippen LogP contribution < -0.4 is 0 Å². The molecule has 0 aliphatic carbocycles. The average molecular weight is 280 g/mol. The zero-order valence-corrected chi connectivity index (χ0v) is 11.4. The number of fused-ring (bicyclic) bond motifs is 1. The topological polar surface area (TPSA) is 28.4 Å². The third-order valence-electron chi connectivity index (χ3n) is 3.97. The third kappa shape index (κ3) is 2.55. The summed E-state index contributed by atoms with van der Waals surface area (Å²) in [5.74, 6) is -1.08. The highest BCUT2D eigenvalue weighted by Crippen LogP contribution is 2.23. The van der Waals surface area contributed by atoms with Crippen LogP contribution >= 0.6 is 0 Å². The standard InChI is InChI=1S/C15H18F2N2O/c1-15(20)3-5-18(10-15)6-7-19-4-2-11-8-12(16)9-13(17)14(11)19/h2,4,8-9,20H,3,5-7,10H2,1H3. The van der Waals surface area contributed by atoms with Gasteiger partial charge in [-0.25, -0.2) is 8.78 Å². The van der Waals surface area contributed by atoms with E-state index in [0.717, 1.165) is 25.6 Å². The number of hydrogen-bond acceptors (Lipinski definition) is 2. The van der Waals surface area contributed by atoms with E-state index < -0.39 is 17.2 Å². The number of benzene rings is 1. The highest BCUT2D eigenvalue weighted by atomic mass is 19.1. The number of aliphatic hydroxyl groups is 1. The lowest BCUT2D eigenvalue weighted by Crippen LogP contribution is -2.31. The first-order valence-corrected chi connectivity index (χ1v) is 6.83. The summed E-state index contributed by atoms with van der Waals surface area (Å²) in [5, 5.41) is 10.5. The Labute approximate surface area is 116 Å². The first-order valence-electron chi connectivity index (χ1n) is 6.83.